The molecule has 1 unspecified atom stereocenters. The zero-order chi connectivity index (χ0) is 12.3. The number of hydrogen-bond donors (Lipinski definition) is 1. The molecule has 0 amide bonds. The van der Waals surface area contributed by atoms with E-state index in [1.54, 1.807) is 0 Å². The summed E-state index contributed by atoms with van der Waals surface area (Å²) in [7, 11) is 0. The van der Waals surface area contributed by atoms with Crippen molar-refractivity contribution in [3.8, 4) is 0 Å². The summed E-state index contributed by atoms with van der Waals surface area (Å²) in [4.78, 5) is 0. The van der Waals surface area contributed by atoms with Crippen LogP contribution in [-0.4, -0.2) is 12.6 Å². The standard InChI is InChI=1S/C15H22ClN/c1-3-15(2,11-17-14-7-8-14)10-12-5-4-6-13(16)9-12/h4-6,9,14,17H,3,7-8,10-11H2,1-2H3. The van der Waals surface area contributed by atoms with Gasteiger partial charge in [-0.05, 0) is 48.8 Å². The predicted octanol–water partition coefficient (Wildman–Crippen LogP) is 4.05. The van der Waals surface area contributed by atoms with Gasteiger partial charge >= 0.3 is 0 Å². The molecule has 0 aromatic heterocycles. The maximum atomic E-state index is 6.04. The first-order valence-corrected chi connectivity index (χ1v) is 6.97. The average Bonchev–Trinajstić information content (AvgIpc) is 3.10. The van der Waals surface area contributed by atoms with Gasteiger partial charge in [0.15, 0.2) is 0 Å². The lowest BCUT2D eigenvalue weighted by atomic mass is 9.81. The highest BCUT2D eigenvalue weighted by atomic mass is 35.5. The van der Waals surface area contributed by atoms with Gasteiger partial charge in [0.05, 0.1) is 0 Å². The fourth-order valence-electron chi connectivity index (χ4n) is 2.13. The van der Waals surface area contributed by atoms with Crippen LogP contribution >= 0.6 is 11.6 Å². The lowest BCUT2D eigenvalue weighted by Gasteiger charge is -2.29. The van der Waals surface area contributed by atoms with Gasteiger partial charge in [-0.1, -0.05) is 37.6 Å². The van der Waals surface area contributed by atoms with E-state index in [9.17, 15) is 0 Å². The molecule has 1 aliphatic carbocycles. The molecule has 1 fully saturated rings. The van der Waals surface area contributed by atoms with Gasteiger partial charge in [0.1, 0.15) is 0 Å². The second-order valence-corrected chi connectivity index (χ2v) is 6.06. The fraction of sp³-hybridized carbons (Fsp3) is 0.600. The topological polar surface area (TPSA) is 12.0 Å². The number of nitrogens with one attached hydrogen (secondary N) is 1. The summed E-state index contributed by atoms with van der Waals surface area (Å²) < 4.78 is 0. The Morgan fingerprint density at radius 2 is 2.18 bits per heavy atom. The summed E-state index contributed by atoms with van der Waals surface area (Å²) in [5.74, 6) is 0. The number of hydrogen-bond acceptors (Lipinski definition) is 1. The Bertz CT molecular complexity index is 373. The zero-order valence-corrected chi connectivity index (χ0v) is 11.6. The highest BCUT2D eigenvalue weighted by molar-refractivity contribution is 6.30. The molecule has 1 saturated carbocycles. The highest BCUT2D eigenvalue weighted by Gasteiger charge is 2.27. The van der Waals surface area contributed by atoms with Crippen molar-refractivity contribution >= 4 is 11.6 Å². The number of halogens is 1. The molecule has 2 rings (SSSR count). The van der Waals surface area contributed by atoms with Crippen molar-refractivity contribution in [2.75, 3.05) is 6.54 Å². The third kappa shape index (κ3) is 4.01. The van der Waals surface area contributed by atoms with Crippen LogP contribution in [-0.2, 0) is 6.42 Å². The minimum absolute atomic E-state index is 0.341. The monoisotopic (exact) mass is 251 g/mol. The highest BCUT2D eigenvalue weighted by Crippen LogP contribution is 2.28. The van der Waals surface area contributed by atoms with Gasteiger partial charge in [0, 0.05) is 17.6 Å². The molecule has 1 aromatic carbocycles. The van der Waals surface area contributed by atoms with Gasteiger partial charge in [-0.3, -0.25) is 0 Å². The summed E-state index contributed by atoms with van der Waals surface area (Å²) in [6.45, 7) is 5.75. The Kier molecular flexibility index (Phi) is 4.11. The van der Waals surface area contributed by atoms with E-state index in [4.69, 9.17) is 11.6 Å². The van der Waals surface area contributed by atoms with E-state index in [0.717, 1.165) is 24.0 Å². The van der Waals surface area contributed by atoms with Crippen LogP contribution in [0.5, 0.6) is 0 Å². The number of benzene rings is 1. The molecule has 0 heterocycles. The molecule has 0 radical (unpaired) electrons. The first kappa shape index (κ1) is 12.9. The van der Waals surface area contributed by atoms with Gasteiger partial charge in [0.2, 0.25) is 0 Å². The van der Waals surface area contributed by atoms with Crippen molar-refractivity contribution in [1.29, 1.82) is 0 Å². The first-order valence-electron chi connectivity index (χ1n) is 6.59. The molecule has 1 aromatic rings. The lowest BCUT2D eigenvalue weighted by Crippen LogP contribution is -2.34. The van der Waals surface area contributed by atoms with Crippen molar-refractivity contribution < 1.29 is 0 Å². The normalized spacial score (nSPS) is 19.0. The van der Waals surface area contributed by atoms with E-state index >= 15 is 0 Å². The Morgan fingerprint density at radius 1 is 1.41 bits per heavy atom. The summed E-state index contributed by atoms with van der Waals surface area (Å²) in [6, 6.07) is 9.04. The largest absolute Gasteiger partial charge is 0.313 e. The maximum absolute atomic E-state index is 6.04. The molecule has 94 valence electrons. The molecule has 1 N–H and O–H groups in total. The Morgan fingerprint density at radius 3 is 2.76 bits per heavy atom. The van der Waals surface area contributed by atoms with Crippen molar-refractivity contribution in [3.05, 3.63) is 34.9 Å². The Labute approximate surface area is 110 Å². The zero-order valence-electron chi connectivity index (χ0n) is 10.8. The fourth-order valence-corrected chi connectivity index (χ4v) is 2.34. The van der Waals surface area contributed by atoms with Crippen LogP contribution in [0.3, 0.4) is 0 Å². The van der Waals surface area contributed by atoms with Crippen LogP contribution in [0, 0.1) is 5.41 Å². The Balaban J connectivity index is 1.96. The molecule has 0 spiro atoms. The predicted molar refractivity (Wildman–Crippen MR) is 74.6 cm³/mol. The number of rotatable bonds is 6. The van der Waals surface area contributed by atoms with Gasteiger partial charge in [0.25, 0.3) is 0 Å². The minimum Gasteiger partial charge on any atom is -0.313 e. The second kappa shape index (κ2) is 5.41. The van der Waals surface area contributed by atoms with Crippen molar-refractivity contribution in [1.82, 2.24) is 5.32 Å². The minimum atomic E-state index is 0.341. The van der Waals surface area contributed by atoms with E-state index < -0.39 is 0 Å². The smallest absolute Gasteiger partial charge is 0.0408 e. The van der Waals surface area contributed by atoms with Crippen LogP contribution in [0.15, 0.2) is 24.3 Å². The third-order valence-corrected chi connectivity index (χ3v) is 4.00. The van der Waals surface area contributed by atoms with Crippen LogP contribution < -0.4 is 5.32 Å². The molecule has 1 atom stereocenters. The summed E-state index contributed by atoms with van der Waals surface area (Å²) in [5, 5.41) is 4.49. The van der Waals surface area contributed by atoms with E-state index in [-0.39, 0.29) is 0 Å². The van der Waals surface area contributed by atoms with Gasteiger partial charge in [-0.25, -0.2) is 0 Å². The third-order valence-electron chi connectivity index (χ3n) is 3.77. The first-order chi connectivity index (χ1) is 8.11. The van der Waals surface area contributed by atoms with Gasteiger partial charge in [-0.15, -0.1) is 0 Å². The van der Waals surface area contributed by atoms with Crippen molar-refractivity contribution in [2.45, 2.75) is 45.6 Å². The van der Waals surface area contributed by atoms with E-state index in [2.05, 4.69) is 31.3 Å². The van der Waals surface area contributed by atoms with Crippen molar-refractivity contribution in [3.63, 3.8) is 0 Å². The van der Waals surface area contributed by atoms with Crippen LogP contribution in [0.25, 0.3) is 0 Å². The van der Waals surface area contributed by atoms with E-state index in [1.165, 1.54) is 24.8 Å². The summed E-state index contributed by atoms with van der Waals surface area (Å²) in [6.07, 6.45) is 5.01. The molecular formula is C15H22ClN. The molecule has 1 aliphatic rings. The van der Waals surface area contributed by atoms with Gasteiger partial charge in [-0.2, -0.15) is 0 Å². The SMILES string of the molecule is CCC(C)(CNC1CC1)Cc1cccc(Cl)c1. The van der Waals surface area contributed by atoms with Crippen LogP contribution in [0.4, 0.5) is 0 Å². The summed E-state index contributed by atoms with van der Waals surface area (Å²) >= 11 is 6.04. The Hall–Kier alpha value is -0.530. The maximum Gasteiger partial charge on any atom is 0.0408 e. The van der Waals surface area contributed by atoms with Crippen molar-refractivity contribution in [2.24, 2.45) is 5.41 Å². The van der Waals surface area contributed by atoms with E-state index in [1.807, 2.05) is 12.1 Å². The molecular weight excluding hydrogens is 230 g/mol. The molecule has 17 heavy (non-hydrogen) atoms. The average molecular weight is 252 g/mol. The lowest BCUT2D eigenvalue weighted by molar-refractivity contribution is 0.289. The molecule has 0 aliphatic heterocycles. The summed E-state index contributed by atoms with van der Waals surface area (Å²) in [5.41, 5.74) is 1.69. The molecule has 2 heteroatoms. The van der Waals surface area contributed by atoms with Crippen LogP contribution in [0.2, 0.25) is 5.02 Å². The molecule has 1 nitrogen and oxygen atoms in total. The van der Waals surface area contributed by atoms with Gasteiger partial charge < -0.3 is 5.32 Å². The second-order valence-electron chi connectivity index (χ2n) is 5.63. The van der Waals surface area contributed by atoms with Crippen LogP contribution in [0.1, 0.15) is 38.7 Å². The molecule has 0 bridgehead atoms. The quantitative estimate of drug-likeness (QED) is 0.804. The molecule has 0 saturated heterocycles. The van der Waals surface area contributed by atoms with E-state index in [0.29, 0.717) is 5.41 Å².